The topological polar surface area (TPSA) is 68.6 Å². The predicted octanol–water partition coefficient (Wildman–Crippen LogP) is 2.83. The highest BCUT2D eigenvalue weighted by Crippen LogP contribution is 2.29. The molecule has 29 heavy (non-hydrogen) atoms. The number of carbonyl (C=O) groups excluding carboxylic acids is 1. The standard InChI is InChI=1S/C21H26N4O3S/c1-5-27-18-8-7-15(12-19(18)28-6-2)9-10-25-20(26)17(22-21(25)29)13-16-11-14(3)23-24(16)4/h7-8,11-13H,5-6,9-10H2,1-4H3,(H,22,29)/b17-13+. The lowest BCUT2D eigenvalue weighted by Crippen LogP contribution is -2.32. The third-order valence-corrected chi connectivity index (χ3v) is 4.85. The van der Waals surface area contributed by atoms with Crippen molar-refractivity contribution in [3.63, 3.8) is 0 Å². The highest BCUT2D eigenvalue weighted by molar-refractivity contribution is 7.80. The van der Waals surface area contributed by atoms with Crippen molar-refractivity contribution in [3.05, 3.63) is 46.9 Å². The maximum absolute atomic E-state index is 12.8. The monoisotopic (exact) mass is 414 g/mol. The Hall–Kier alpha value is -2.87. The normalized spacial score (nSPS) is 15.2. The fourth-order valence-corrected chi connectivity index (χ4v) is 3.46. The first kappa shape index (κ1) is 20.9. The second-order valence-electron chi connectivity index (χ2n) is 6.68. The van der Waals surface area contributed by atoms with Crippen LogP contribution in [0.25, 0.3) is 6.08 Å². The fraction of sp³-hybridized carbons (Fsp3) is 0.381. The van der Waals surface area contributed by atoms with E-state index in [-0.39, 0.29) is 5.91 Å². The van der Waals surface area contributed by atoms with E-state index < -0.39 is 0 Å². The highest BCUT2D eigenvalue weighted by atomic mass is 32.1. The van der Waals surface area contributed by atoms with E-state index in [1.807, 2.05) is 52.1 Å². The van der Waals surface area contributed by atoms with Crippen molar-refractivity contribution >= 4 is 29.3 Å². The molecule has 3 rings (SSSR count). The zero-order valence-corrected chi connectivity index (χ0v) is 18.0. The molecule has 1 aromatic carbocycles. The molecule has 0 atom stereocenters. The summed E-state index contributed by atoms with van der Waals surface area (Å²) in [5.41, 5.74) is 3.24. The Balaban J connectivity index is 1.71. The van der Waals surface area contributed by atoms with Crippen molar-refractivity contribution in [1.29, 1.82) is 0 Å². The third-order valence-electron chi connectivity index (χ3n) is 4.52. The number of ether oxygens (including phenoxy) is 2. The SMILES string of the molecule is CCOc1ccc(CCN2C(=O)/C(=C\c3cc(C)nn3C)NC2=S)cc1OCC. The molecule has 1 aliphatic heterocycles. The molecule has 154 valence electrons. The lowest BCUT2D eigenvalue weighted by Gasteiger charge is -2.15. The molecular formula is C21H26N4O3S. The Morgan fingerprint density at radius 3 is 2.55 bits per heavy atom. The number of rotatable bonds is 8. The molecule has 7 nitrogen and oxygen atoms in total. The van der Waals surface area contributed by atoms with Crippen LogP contribution < -0.4 is 14.8 Å². The number of thiocarbonyl (C=S) groups is 1. The number of nitrogens with one attached hydrogen (secondary N) is 1. The van der Waals surface area contributed by atoms with E-state index in [0.29, 0.717) is 42.7 Å². The van der Waals surface area contributed by atoms with E-state index in [9.17, 15) is 4.79 Å². The van der Waals surface area contributed by atoms with Crippen LogP contribution in [0.4, 0.5) is 0 Å². The number of nitrogens with zero attached hydrogens (tertiary/aromatic N) is 3. The van der Waals surface area contributed by atoms with Crippen LogP contribution in [0.15, 0.2) is 30.0 Å². The van der Waals surface area contributed by atoms with Gasteiger partial charge in [0.2, 0.25) is 0 Å². The molecule has 0 radical (unpaired) electrons. The van der Waals surface area contributed by atoms with Gasteiger partial charge in [0.1, 0.15) is 5.70 Å². The first-order valence-corrected chi connectivity index (χ1v) is 10.1. The van der Waals surface area contributed by atoms with E-state index in [1.54, 1.807) is 15.7 Å². The lowest BCUT2D eigenvalue weighted by molar-refractivity contribution is -0.122. The number of carbonyl (C=O) groups is 1. The molecule has 2 heterocycles. The van der Waals surface area contributed by atoms with Gasteiger partial charge in [-0.15, -0.1) is 0 Å². The maximum atomic E-state index is 12.8. The van der Waals surface area contributed by atoms with Crippen LogP contribution in [-0.4, -0.2) is 45.5 Å². The summed E-state index contributed by atoms with van der Waals surface area (Å²) in [5, 5.41) is 7.73. The molecule has 1 saturated heterocycles. The summed E-state index contributed by atoms with van der Waals surface area (Å²) in [7, 11) is 1.84. The lowest BCUT2D eigenvalue weighted by atomic mass is 10.1. The summed E-state index contributed by atoms with van der Waals surface area (Å²) in [5.74, 6) is 1.31. The first-order valence-electron chi connectivity index (χ1n) is 9.66. The molecule has 2 aromatic rings. The molecule has 1 aromatic heterocycles. The summed E-state index contributed by atoms with van der Waals surface area (Å²) in [6.45, 7) is 7.40. The van der Waals surface area contributed by atoms with E-state index >= 15 is 0 Å². The van der Waals surface area contributed by atoms with Crippen LogP contribution >= 0.6 is 12.2 Å². The van der Waals surface area contributed by atoms with Gasteiger partial charge < -0.3 is 14.8 Å². The van der Waals surface area contributed by atoms with E-state index in [1.165, 1.54) is 0 Å². The van der Waals surface area contributed by atoms with Gasteiger partial charge in [-0.05, 0) is 69.2 Å². The minimum Gasteiger partial charge on any atom is -0.490 e. The molecule has 0 spiro atoms. The second-order valence-corrected chi connectivity index (χ2v) is 7.06. The average Bonchev–Trinajstić information content (AvgIpc) is 3.13. The Bertz CT molecular complexity index is 951. The Morgan fingerprint density at radius 1 is 1.17 bits per heavy atom. The van der Waals surface area contributed by atoms with Gasteiger partial charge in [-0.25, -0.2) is 0 Å². The molecule has 1 fully saturated rings. The first-order chi connectivity index (χ1) is 13.9. The average molecular weight is 415 g/mol. The molecule has 0 aliphatic carbocycles. The van der Waals surface area contributed by atoms with Gasteiger partial charge in [0, 0.05) is 13.6 Å². The Morgan fingerprint density at radius 2 is 1.90 bits per heavy atom. The Labute approximate surface area is 176 Å². The minimum absolute atomic E-state index is 0.134. The smallest absolute Gasteiger partial charge is 0.276 e. The maximum Gasteiger partial charge on any atom is 0.276 e. The van der Waals surface area contributed by atoms with E-state index in [0.717, 1.165) is 22.7 Å². The van der Waals surface area contributed by atoms with Crippen molar-refractivity contribution in [2.24, 2.45) is 7.05 Å². The largest absolute Gasteiger partial charge is 0.490 e. The minimum atomic E-state index is -0.134. The second kappa shape index (κ2) is 9.09. The summed E-state index contributed by atoms with van der Waals surface area (Å²) >= 11 is 5.37. The number of amides is 1. The third kappa shape index (κ3) is 4.76. The van der Waals surface area contributed by atoms with Crippen molar-refractivity contribution in [1.82, 2.24) is 20.0 Å². The van der Waals surface area contributed by atoms with E-state index in [2.05, 4.69) is 10.4 Å². The van der Waals surface area contributed by atoms with Crippen LogP contribution in [0.5, 0.6) is 11.5 Å². The molecule has 0 saturated carbocycles. The molecule has 1 amide bonds. The molecular weight excluding hydrogens is 388 g/mol. The van der Waals surface area contributed by atoms with Crippen molar-refractivity contribution in [3.8, 4) is 11.5 Å². The van der Waals surface area contributed by atoms with E-state index in [4.69, 9.17) is 21.7 Å². The van der Waals surface area contributed by atoms with Crippen LogP contribution in [0.2, 0.25) is 0 Å². The number of aryl methyl sites for hydroxylation is 2. The quantitative estimate of drug-likeness (QED) is 0.529. The van der Waals surface area contributed by atoms with Gasteiger partial charge >= 0.3 is 0 Å². The van der Waals surface area contributed by atoms with Crippen molar-refractivity contribution in [2.45, 2.75) is 27.2 Å². The summed E-state index contributed by atoms with van der Waals surface area (Å²) in [6, 6.07) is 7.77. The van der Waals surface area contributed by atoms with Gasteiger partial charge in [0.15, 0.2) is 16.6 Å². The zero-order valence-electron chi connectivity index (χ0n) is 17.2. The molecule has 0 unspecified atom stereocenters. The van der Waals surface area contributed by atoms with Gasteiger partial charge in [-0.3, -0.25) is 14.4 Å². The van der Waals surface area contributed by atoms with Crippen LogP contribution in [0.3, 0.4) is 0 Å². The van der Waals surface area contributed by atoms with Gasteiger partial charge in [-0.2, -0.15) is 5.10 Å². The number of benzene rings is 1. The molecule has 1 aliphatic rings. The van der Waals surface area contributed by atoms with Crippen molar-refractivity contribution in [2.75, 3.05) is 19.8 Å². The number of aromatic nitrogens is 2. The van der Waals surface area contributed by atoms with Crippen LogP contribution in [-0.2, 0) is 18.3 Å². The summed E-state index contributed by atoms with van der Waals surface area (Å²) in [6.07, 6.45) is 2.43. The van der Waals surface area contributed by atoms with Gasteiger partial charge in [0.25, 0.3) is 5.91 Å². The molecule has 0 bridgehead atoms. The molecule has 8 heteroatoms. The van der Waals surface area contributed by atoms with Crippen LogP contribution in [0, 0.1) is 6.92 Å². The summed E-state index contributed by atoms with van der Waals surface area (Å²) in [4.78, 5) is 14.4. The number of hydrogen-bond donors (Lipinski definition) is 1. The highest BCUT2D eigenvalue weighted by Gasteiger charge is 2.30. The van der Waals surface area contributed by atoms with Crippen molar-refractivity contribution < 1.29 is 14.3 Å². The summed E-state index contributed by atoms with van der Waals surface area (Å²) < 4.78 is 13.0. The number of hydrogen-bond acceptors (Lipinski definition) is 5. The van der Waals surface area contributed by atoms with Gasteiger partial charge in [0.05, 0.1) is 24.6 Å². The Kier molecular flexibility index (Phi) is 6.53. The zero-order chi connectivity index (χ0) is 21.0. The fourth-order valence-electron chi connectivity index (χ4n) is 3.18. The predicted molar refractivity (Wildman–Crippen MR) is 116 cm³/mol. The molecule has 1 N–H and O–H groups in total. The van der Waals surface area contributed by atoms with Crippen LogP contribution in [0.1, 0.15) is 30.8 Å². The van der Waals surface area contributed by atoms with Gasteiger partial charge in [-0.1, -0.05) is 6.07 Å².